The number of rotatable bonds is 5. The highest BCUT2D eigenvalue weighted by Gasteiger charge is 2.58. The fourth-order valence-corrected chi connectivity index (χ4v) is 2.58. The van der Waals surface area contributed by atoms with E-state index in [4.69, 9.17) is 23.7 Å². The molecule has 0 saturated carbocycles. The average Bonchev–Trinajstić information content (AvgIpc) is 2.90. The van der Waals surface area contributed by atoms with Crippen molar-refractivity contribution >= 4 is 5.97 Å². The lowest BCUT2D eigenvalue weighted by Crippen LogP contribution is -2.41. The summed E-state index contributed by atoms with van der Waals surface area (Å²) in [7, 11) is 1.48. The summed E-state index contributed by atoms with van der Waals surface area (Å²) in [4.78, 5) is 11.7. The van der Waals surface area contributed by atoms with E-state index in [0.717, 1.165) is 0 Å². The molecular weight excluding hydrogens is 280 g/mol. The largest absolute Gasteiger partial charge is 0.463 e. The van der Waals surface area contributed by atoms with E-state index < -0.39 is 42.5 Å². The van der Waals surface area contributed by atoms with Gasteiger partial charge in [0.1, 0.15) is 24.4 Å². The van der Waals surface area contributed by atoms with Gasteiger partial charge >= 0.3 is 5.97 Å². The molecule has 2 rings (SSSR count). The average molecular weight is 302 g/mol. The van der Waals surface area contributed by atoms with E-state index in [1.807, 2.05) is 0 Å². The van der Waals surface area contributed by atoms with Crippen LogP contribution in [0.4, 0.5) is 0 Å². The third kappa shape index (κ3) is 3.12. The summed E-state index contributed by atoms with van der Waals surface area (Å²) in [6.45, 7) is 8.99. The molecule has 2 aliphatic heterocycles. The first kappa shape index (κ1) is 16.4. The van der Waals surface area contributed by atoms with Crippen molar-refractivity contribution in [2.45, 2.75) is 57.3 Å². The van der Waals surface area contributed by atoms with Crippen LogP contribution in [0, 0.1) is 0 Å². The molecule has 21 heavy (non-hydrogen) atoms. The Bertz CT molecular complexity index is 420. The van der Waals surface area contributed by atoms with E-state index in [1.54, 1.807) is 20.8 Å². The zero-order valence-electron chi connectivity index (χ0n) is 12.7. The molecule has 2 heterocycles. The van der Waals surface area contributed by atoms with Gasteiger partial charge in [-0.05, 0) is 20.8 Å². The van der Waals surface area contributed by atoms with Crippen LogP contribution >= 0.6 is 0 Å². The molecule has 2 fully saturated rings. The third-order valence-corrected chi connectivity index (χ3v) is 3.49. The Balaban J connectivity index is 2.12. The number of aliphatic hydroxyl groups excluding tert-OH is 1. The van der Waals surface area contributed by atoms with Crippen molar-refractivity contribution in [3.8, 4) is 0 Å². The van der Waals surface area contributed by atoms with Crippen LogP contribution in [0.15, 0.2) is 12.2 Å². The van der Waals surface area contributed by atoms with Crippen LogP contribution in [0.25, 0.3) is 0 Å². The van der Waals surface area contributed by atoms with E-state index in [9.17, 15) is 9.90 Å². The van der Waals surface area contributed by atoms with E-state index in [-0.39, 0.29) is 12.2 Å². The summed E-state index contributed by atoms with van der Waals surface area (Å²) in [5.74, 6) is -1.47. The van der Waals surface area contributed by atoms with Gasteiger partial charge in [0.15, 0.2) is 12.1 Å². The number of fused-ring (bicyclic) bond motifs is 1. The minimum Gasteiger partial charge on any atom is -0.463 e. The predicted molar refractivity (Wildman–Crippen MR) is 71.3 cm³/mol. The zero-order valence-corrected chi connectivity index (χ0v) is 12.7. The first-order chi connectivity index (χ1) is 9.80. The molecule has 0 aromatic heterocycles. The molecule has 0 unspecified atom stereocenters. The summed E-state index contributed by atoms with van der Waals surface area (Å²) >= 11 is 0. The van der Waals surface area contributed by atoms with Gasteiger partial charge in [0.25, 0.3) is 0 Å². The summed E-state index contributed by atoms with van der Waals surface area (Å²) < 4.78 is 27.1. The minimum absolute atomic E-state index is 0.0781. The van der Waals surface area contributed by atoms with Crippen molar-refractivity contribution in [1.29, 1.82) is 0 Å². The number of carbonyl (C=O) groups excluding carboxylic acids is 1. The van der Waals surface area contributed by atoms with Crippen LogP contribution in [-0.2, 0) is 28.5 Å². The van der Waals surface area contributed by atoms with Crippen molar-refractivity contribution < 1.29 is 33.6 Å². The second-order valence-electron chi connectivity index (χ2n) is 5.46. The molecule has 2 saturated heterocycles. The molecule has 2 aliphatic rings. The van der Waals surface area contributed by atoms with Crippen molar-refractivity contribution in [3.05, 3.63) is 12.2 Å². The lowest BCUT2D eigenvalue weighted by atomic mass is 10.0. The van der Waals surface area contributed by atoms with E-state index in [1.165, 1.54) is 7.11 Å². The van der Waals surface area contributed by atoms with E-state index in [2.05, 4.69) is 6.58 Å². The van der Waals surface area contributed by atoms with Gasteiger partial charge in [0, 0.05) is 7.11 Å². The first-order valence-electron chi connectivity index (χ1n) is 6.88. The number of hydrogen-bond donors (Lipinski definition) is 1. The van der Waals surface area contributed by atoms with Crippen LogP contribution < -0.4 is 0 Å². The lowest BCUT2D eigenvalue weighted by molar-refractivity contribution is -0.234. The molecule has 0 radical (unpaired) electrons. The van der Waals surface area contributed by atoms with Gasteiger partial charge in [-0.15, -0.1) is 0 Å². The van der Waals surface area contributed by atoms with Crippen LogP contribution in [0.3, 0.4) is 0 Å². The number of methoxy groups -OCH3 is 1. The summed E-state index contributed by atoms with van der Waals surface area (Å²) in [6, 6.07) is 0. The standard InChI is InChI=1S/C14H22O7/c1-6-18-12(16)7(2)8(15)9-10-11(13(17-5)19-9)21-14(3,4)20-10/h8-11,13,15H,2,6H2,1,3-5H3/t8-,9+,10+,11+,13+/m0/s1. The van der Waals surface area contributed by atoms with Crippen LogP contribution in [0.1, 0.15) is 20.8 Å². The third-order valence-electron chi connectivity index (χ3n) is 3.49. The highest BCUT2D eigenvalue weighted by molar-refractivity contribution is 5.88. The summed E-state index contributed by atoms with van der Waals surface area (Å²) in [5.41, 5.74) is -0.0781. The number of ether oxygens (including phenoxy) is 5. The quantitative estimate of drug-likeness (QED) is 0.580. The Morgan fingerprint density at radius 2 is 2.00 bits per heavy atom. The molecule has 0 aromatic carbocycles. The Hall–Kier alpha value is -0.990. The second kappa shape index (κ2) is 6.02. The molecule has 120 valence electrons. The van der Waals surface area contributed by atoms with Gasteiger partial charge in [0.2, 0.25) is 0 Å². The van der Waals surface area contributed by atoms with Crippen LogP contribution in [0.2, 0.25) is 0 Å². The maximum Gasteiger partial charge on any atom is 0.336 e. The number of hydrogen-bond acceptors (Lipinski definition) is 7. The van der Waals surface area contributed by atoms with Crippen LogP contribution in [-0.4, -0.2) is 61.3 Å². The monoisotopic (exact) mass is 302 g/mol. The Morgan fingerprint density at radius 1 is 1.38 bits per heavy atom. The van der Waals surface area contributed by atoms with Crippen molar-refractivity contribution in [1.82, 2.24) is 0 Å². The van der Waals surface area contributed by atoms with Crippen molar-refractivity contribution in [3.63, 3.8) is 0 Å². The molecule has 0 bridgehead atoms. The highest BCUT2D eigenvalue weighted by Crippen LogP contribution is 2.40. The SMILES string of the molecule is C=C(C(=O)OCC)[C@H](O)[C@H]1O[C@@H](OC)[C@@H]2OC(C)(C)O[C@@H]21. The van der Waals surface area contributed by atoms with Gasteiger partial charge in [-0.1, -0.05) is 6.58 Å². The van der Waals surface area contributed by atoms with Gasteiger partial charge < -0.3 is 28.8 Å². The van der Waals surface area contributed by atoms with Gasteiger partial charge in [-0.25, -0.2) is 4.79 Å². The molecule has 7 heteroatoms. The number of carbonyl (C=O) groups is 1. The molecule has 0 aliphatic carbocycles. The first-order valence-corrected chi connectivity index (χ1v) is 6.88. The van der Waals surface area contributed by atoms with Crippen molar-refractivity contribution in [2.24, 2.45) is 0 Å². The minimum atomic E-state index is -1.26. The van der Waals surface area contributed by atoms with Gasteiger partial charge in [0.05, 0.1) is 12.2 Å². The van der Waals surface area contributed by atoms with Crippen LogP contribution in [0.5, 0.6) is 0 Å². The zero-order chi connectivity index (χ0) is 15.8. The summed E-state index contributed by atoms with van der Waals surface area (Å²) in [5, 5.41) is 10.3. The van der Waals surface area contributed by atoms with Gasteiger partial charge in [-0.3, -0.25) is 0 Å². The van der Waals surface area contributed by atoms with Gasteiger partial charge in [-0.2, -0.15) is 0 Å². The Labute approximate surface area is 123 Å². The van der Waals surface area contributed by atoms with E-state index in [0.29, 0.717) is 0 Å². The second-order valence-corrected chi connectivity index (χ2v) is 5.46. The summed E-state index contributed by atoms with van der Waals surface area (Å²) in [6.07, 6.45) is -3.76. The normalized spacial score (nSPS) is 35.3. The molecule has 7 nitrogen and oxygen atoms in total. The lowest BCUT2D eigenvalue weighted by Gasteiger charge is -2.26. The Morgan fingerprint density at radius 3 is 2.57 bits per heavy atom. The fraction of sp³-hybridized carbons (Fsp3) is 0.786. The smallest absolute Gasteiger partial charge is 0.336 e. The number of aliphatic hydroxyl groups is 1. The molecular formula is C14H22O7. The van der Waals surface area contributed by atoms with Crippen molar-refractivity contribution in [2.75, 3.05) is 13.7 Å². The van der Waals surface area contributed by atoms with E-state index >= 15 is 0 Å². The molecule has 1 N–H and O–H groups in total. The molecule has 5 atom stereocenters. The predicted octanol–water partition coefficient (Wildman–Crippen LogP) is 0.358. The highest BCUT2D eigenvalue weighted by atomic mass is 16.8. The Kier molecular flexibility index (Phi) is 4.69. The fourth-order valence-electron chi connectivity index (χ4n) is 2.58. The number of esters is 1. The molecule has 0 spiro atoms. The molecule has 0 amide bonds. The maximum atomic E-state index is 11.7. The molecule has 0 aromatic rings. The topological polar surface area (TPSA) is 83.5 Å². The maximum absolute atomic E-state index is 11.7.